The van der Waals surface area contributed by atoms with Crippen molar-refractivity contribution < 1.29 is 24.3 Å². The Morgan fingerprint density at radius 3 is 2.40 bits per heavy atom. The molecule has 1 aromatic carbocycles. The summed E-state index contributed by atoms with van der Waals surface area (Å²) in [5, 5.41) is 22.5. The summed E-state index contributed by atoms with van der Waals surface area (Å²) in [5.41, 5.74) is -0.556. The molecule has 1 atom stereocenters. The highest BCUT2D eigenvalue weighted by Gasteiger charge is 2.24. The van der Waals surface area contributed by atoms with E-state index in [0.29, 0.717) is 0 Å². The molecule has 0 bridgehead atoms. The van der Waals surface area contributed by atoms with Gasteiger partial charge in [0.25, 0.3) is 11.6 Å². The van der Waals surface area contributed by atoms with Crippen LogP contribution in [0.25, 0.3) is 0 Å². The molecule has 20 heavy (non-hydrogen) atoms. The van der Waals surface area contributed by atoms with Gasteiger partial charge in [0.1, 0.15) is 5.56 Å². The van der Waals surface area contributed by atoms with E-state index in [0.717, 1.165) is 6.07 Å². The van der Waals surface area contributed by atoms with Gasteiger partial charge in [0.05, 0.1) is 31.3 Å². The normalized spacial score (nSPS) is 11.6. The third-order valence-electron chi connectivity index (χ3n) is 2.50. The summed E-state index contributed by atoms with van der Waals surface area (Å²) < 4.78 is 9.97. The van der Waals surface area contributed by atoms with Crippen molar-refractivity contribution in [1.82, 2.24) is 5.32 Å². The van der Waals surface area contributed by atoms with Crippen LogP contribution < -0.4 is 14.8 Å². The third-order valence-corrected chi connectivity index (χ3v) is 2.50. The Morgan fingerprint density at radius 1 is 1.40 bits per heavy atom. The molecule has 110 valence electrons. The van der Waals surface area contributed by atoms with E-state index >= 15 is 0 Å². The number of hydrogen-bond acceptors (Lipinski definition) is 6. The highest BCUT2D eigenvalue weighted by atomic mass is 16.6. The Hall–Kier alpha value is -2.35. The molecule has 1 aromatic rings. The van der Waals surface area contributed by atoms with Gasteiger partial charge in [0.2, 0.25) is 0 Å². The number of methoxy groups -OCH3 is 2. The van der Waals surface area contributed by atoms with E-state index in [-0.39, 0.29) is 23.6 Å². The lowest BCUT2D eigenvalue weighted by Gasteiger charge is -2.11. The zero-order valence-corrected chi connectivity index (χ0v) is 11.4. The number of carbonyl (C=O) groups is 1. The monoisotopic (exact) mass is 284 g/mol. The fourth-order valence-electron chi connectivity index (χ4n) is 1.54. The molecule has 0 aliphatic carbocycles. The number of amides is 1. The number of rotatable bonds is 6. The van der Waals surface area contributed by atoms with Crippen LogP contribution in [0.4, 0.5) is 5.69 Å². The standard InChI is InChI=1S/C12H16N2O6/c1-7(15)6-13-12(16)8-4-10(19-2)11(20-3)5-9(8)14(17)18/h4-5,7,15H,6H2,1-3H3,(H,13,16). The Labute approximate surface area is 115 Å². The van der Waals surface area contributed by atoms with Crippen molar-refractivity contribution in [2.24, 2.45) is 0 Å². The van der Waals surface area contributed by atoms with Gasteiger partial charge in [-0.2, -0.15) is 0 Å². The minimum atomic E-state index is -0.752. The number of nitrogens with one attached hydrogen (secondary N) is 1. The van der Waals surface area contributed by atoms with E-state index in [2.05, 4.69) is 5.32 Å². The molecular weight excluding hydrogens is 268 g/mol. The average Bonchev–Trinajstić information content (AvgIpc) is 2.42. The van der Waals surface area contributed by atoms with Gasteiger partial charge in [-0.15, -0.1) is 0 Å². The molecule has 1 amide bonds. The predicted molar refractivity (Wildman–Crippen MR) is 70.2 cm³/mol. The molecule has 1 unspecified atom stereocenters. The van der Waals surface area contributed by atoms with E-state index < -0.39 is 22.6 Å². The van der Waals surface area contributed by atoms with Crippen LogP contribution in [0.3, 0.4) is 0 Å². The van der Waals surface area contributed by atoms with Crippen LogP contribution in [0.1, 0.15) is 17.3 Å². The smallest absolute Gasteiger partial charge is 0.286 e. The van der Waals surface area contributed by atoms with E-state index in [9.17, 15) is 14.9 Å². The SMILES string of the molecule is COc1cc(C(=O)NCC(C)O)c([N+](=O)[O-])cc1OC. The molecule has 0 spiro atoms. The van der Waals surface area contributed by atoms with Gasteiger partial charge in [0, 0.05) is 12.6 Å². The fourth-order valence-corrected chi connectivity index (χ4v) is 1.54. The van der Waals surface area contributed by atoms with Crippen molar-refractivity contribution in [1.29, 1.82) is 0 Å². The van der Waals surface area contributed by atoms with Crippen LogP contribution in [0.15, 0.2) is 12.1 Å². The van der Waals surface area contributed by atoms with Gasteiger partial charge in [-0.1, -0.05) is 0 Å². The summed E-state index contributed by atoms with van der Waals surface area (Å²) in [6.45, 7) is 1.48. The molecule has 0 fully saturated rings. The van der Waals surface area contributed by atoms with E-state index in [1.54, 1.807) is 0 Å². The summed E-state index contributed by atoms with van der Waals surface area (Å²) >= 11 is 0. The lowest BCUT2D eigenvalue weighted by molar-refractivity contribution is -0.385. The Morgan fingerprint density at radius 2 is 1.95 bits per heavy atom. The number of hydrogen-bond donors (Lipinski definition) is 2. The fraction of sp³-hybridized carbons (Fsp3) is 0.417. The zero-order valence-electron chi connectivity index (χ0n) is 11.4. The molecular formula is C12H16N2O6. The number of carbonyl (C=O) groups excluding carboxylic acids is 1. The average molecular weight is 284 g/mol. The lowest BCUT2D eigenvalue weighted by Crippen LogP contribution is -2.31. The van der Waals surface area contributed by atoms with Crippen molar-refractivity contribution in [3.05, 3.63) is 27.8 Å². The van der Waals surface area contributed by atoms with Crippen LogP contribution in [0, 0.1) is 10.1 Å². The van der Waals surface area contributed by atoms with Gasteiger partial charge in [-0.25, -0.2) is 0 Å². The predicted octanol–water partition coefficient (Wildman–Crippen LogP) is 0.723. The van der Waals surface area contributed by atoms with Gasteiger partial charge in [0.15, 0.2) is 11.5 Å². The van der Waals surface area contributed by atoms with Crippen molar-refractivity contribution >= 4 is 11.6 Å². The van der Waals surface area contributed by atoms with Crippen molar-refractivity contribution in [3.63, 3.8) is 0 Å². The first-order chi connectivity index (χ1) is 9.40. The molecule has 0 radical (unpaired) electrons. The number of benzene rings is 1. The van der Waals surface area contributed by atoms with E-state index in [4.69, 9.17) is 14.6 Å². The number of aliphatic hydroxyl groups excluding tert-OH is 1. The maximum atomic E-state index is 11.9. The zero-order chi connectivity index (χ0) is 15.3. The molecule has 0 aliphatic heterocycles. The van der Waals surface area contributed by atoms with Gasteiger partial charge >= 0.3 is 0 Å². The van der Waals surface area contributed by atoms with Gasteiger partial charge in [-0.05, 0) is 6.92 Å². The Bertz CT molecular complexity index is 515. The summed E-state index contributed by atoms with van der Waals surface area (Å²) in [7, 11) is 2.70. The van der Waals surface area contributed by atoms with E-state index in [1.807, 2.05) is 0 Å². The Balaban J connectivity index is 3.21. The molecule has 0 heterocycles. The Kier molecular flexibility index (Phi) is 5.27. The van der Waals surface area contributed by atoms with Crippen LogP contribution in [0.5, 0.6) is 11.5 Å². The van der Waals surface area contributed by atoms with Crippen molar-refractivity contribution in [2.45, 2.75) is 13.0 Å². The summed E-state index contributed by atoms with van der Waals surface area (Å²) in [6.07, 6.45) is -0.752. The van der Waals surface area contributed by atoms with Crippen molar-refractivity contribution in [2.75, 3.05) is 20.8 Å². The quantitative estimate of drug-likeness (QED) is 0.588. The highest BCUT2D eigenvalue weighted by molar-refractivity contribution is 5.99. The highest BCUT2D eigenvalue weighted by Crippen LogP contribution is 2.34. The number of ether oxygens (including phenoxy) is 2. The number of aliphatic hydroxyl groups is 1. The van der Waals surface area contributed by atoms with Crippen LogP contribution >= 0.6 is 0 Å². The van der Waals surface area contributed by atoms with Crippen molar-refractivity contribution in [3.8, 4) is 11.5 Å². The maximum Gasteiger partial charge on any atom is 0.286 e. The molecule has 8 nitrogen and oxygen atoms in total. The first kappa shape index (κ1) is 15.7. The molecule has 0 aliphatic rings. The first-order valence-electron chi connectivity index (χ1n) is 5.77. The first-order valence-corrected chi connectivity index (χ1v) is 5.77. The minimum Gasteiger partial charge on any atom is -0.493 e. The molecule has 0 saturated carbocycles. The molecule has 1 rings (SSSR count). The third kappa shape index (κ3) is 3.58. The number of nitro groups is 1. The summed E-state index contributed by atoms with van der Waals surface area (Å²) in [4.78, 5) is 22.2. The summed E-state index contributed by atoms with van der Waals surface area (Å²) in [5.74, 6) is -0.301. The minimum absolute atomic E-state index is 0.00959. The second-order valence-corrected chi connectivity index (χ2v) is 4.04. The van der Waals surface area contributed by atoms with Gasteiger partial charge in [-0.3, -0.25) is 14.9 Å². The van der Waals surface area contributed by atoms with Gasteiger partial charge < -0.3 is 19.9 Å². The number of nitro benzene ring substituents is 1. The van der Waals surface area contributed by atoms with Crippen LogP contribution in [-0.2, 0) is 0 Å². The van der Waals surface area contributed by atoms with E-state index in [1.165, 1.54) is 27.2 Å². The molecule has 0 saturated heterocycles. The molecule has 2 N–H and O–H groups in total. The second kappa shape index (κ2) is 6.71. The van der Waals surface area contributed by atoms with Crippen LogP contribution in [-0.4, -0.2) is 42.8 Å². The maximum absolute atomic E-state index is 11.9. The molecule has 0 aromatic heterocycles. The number of nitrogens with zero attached hydrogens (tertiary/aromatic N) is 1. The van der Waals surface area contributed by atoms with Crippen LogP contribution in [0.2, 0.25) is 0 Å². The largest absolute Gasteiger partial charge is 0.493 e. The summed E-state index contributed by atoms with van der Waals surface area (Å²) in [6, 6.07) is 2.35. The lowest BCUT2D eigenvalue weighted by atomic mass is 10.1. The second-order valence-electron chi connectivity index (χ2n) is 4.04. The molecule has 8 heteroatoms. The topological polar surface area (TPSA) is 111 Å².